The van der Waals surface area contributed by atoms with Gasteiger partial charge in [-0.05, 0) is 69.5 Å². The third kappa shape index (κ3) is 5.57. The molecular formula is C31H30F2N6O4. The van der Waals surface area contributed by atoms with Crippen LogP contribution in [0, 0.1) is 11.6 Å². The molecule has 1 aliphatic carbocycles. The highest BCUT2D eigenvalue weighted by Crippen LogP contribution is 2.34. The normalized spacial score (nSPS) is 15.2. The van der Waals surface area contributed by atoms with Crippen molar-refractivity contribution < 1.29 is 18.3 Å². The molecule has 0 radical (unpaired) electrons. The van der Waals surface area contributed by atoms with Crippen molar-refractivity contribution in [1.82, 2.24) is 24.0 Å². The predicted molar refractivity (Wildman–Crippen MR) is 155 cm³/mol. The molecule has 2 aliphatic rings. The Labute approximate surface area is 245 Å². The van der Waals surface area contributed by atoms with Gasteiger partial charge < -0.3 is 10.1 Å². The maximum Gasteiger partial charge on any atom is 0.335 e. The first kappa shape index (κ1) is 28.4. The molecule has 4 aromatic rings. The Morgan fingerprint density at radius 3 is 2.51 bits per heavy atom. The van der Waals surface area contributed by atoms with E-state index in [1.54, 1.807) is 13.8 Å². The first-order valence-electron chi connectivity index (χ1n) is 14.2. The summed E-state index contributed by atoms with van der Waals surface area (Å²) in [6.07, 6.45) is 6.93. The summed E-state index contributed by atoms with van der Waals surface area (Å²) >= 11 is 0. The summed E-state index contributed by atoms with van der Waals surface area (Å²) in [5.41, 5.74) is -0.00783. The molecule has 6 rings (SSSR count). The van der Waals surface area contributed by atoms with Crippen LogP contribution in [0.15, 0.2) is 64.6 Å². The van der Waals surface area contributed by atoms with Crippen LogP contribution in [0.2, 0.25) is 0 Å². The quantitative estimate of drug-likeness (QED) is 0.336. The van der Waals surface area contributed by atoms with Crippen LogP contribution in [0.3, 0.4) is 0 Å². The van der Waals surface area contributed by atoms with Gasteiger partial charge in [-0.1, -0.05) is 6.42 Å². The summed E-state index contributed by atoms with van der Waals surface area (Å²) in [7, 11) is 0. The van der Waals surface area contributed by atoms with Gasteiger partial charge >= 0.3 is 5.69 Å². The lowest BCUT2D eigenvalue weighted by Crippen LogP contribution is -2.43. The zero-order chi connectivity index (χ0) is 30.2. The molecule has 43 heavy (non-hydrogen) atoms. The fourth-order valence-electron chi connectivity index (χ4n) is 5.38. The highest BCUT2D eigenvalue weighted by molar-refractivity contribution is 6.03. The van der Waals surface area contributed by atoms with Gasteiger partial charge in [-0.3, -0.25) is 19.1 Å². The Morgan fingerprint density at radius 1 is 1.07 bits per heavy atom. The number of anilines is 1. The Hall–Kier alpha value is -4.71. The lowest BCUT2D eigenvalue weighted by Gasteiger charge is -2.39. The number of nitrogens with zero attached hydrogens (tertiary/aromatic N) is 5. The summed E-state index contributed by atoms with van der Waals surface area (Å²) in [5, 5.41) is 2.53. The molecule has 0 unspecified atom stereocenters. The molecule has 0 bridgehead atoms. The zero-order valence-electron chi connectivity index (χ0n) is 23.7. The van der Waals surface area contributed by atoms with Crippen molar-refractivity contribution in [2.24, 2.45) is 0 Å². The number of amides is 1. The second kappa shape index (κ2) is 11.5. The fourth-order valence-corrected chi connectivity index (χ4v) is 5.38. The zero-order valence-corrected chi connectivity index (χ0v) is 23.7. The van der Waals surface area contributed by atoms with Crippen LogP contribution in [-0.4, -0.2) is 42.5 Å². The van der Waals surface area contributed by atoms with E-state index in [9.17, 15) is 18.8 Å². The third-order valence-electron chi connectivity index (χ3n) is 7.98. The number of halogens is 2. The minimum atomic E-state index is -0.893. The van der Waals surface area contributed by atoms with Gasteiger partial charge in [0.2, 0.25) is 5.88 Å². The van der Waals surface area contributed by atoms with E-state index in [0.29, 0.717) is 24.9 Å². The molecule has 1 aliphatic heterocycles. The number of hydrogen-bond donors (Lipinski definition) is 1. The average Bonchev–Trinajstić information content (AvgIpc) is 2.94. The molecular weight excluding hydrogens is 558 g/mol. The van der Waals surface area contributed by atoms with Crippen LogP contribution in [0.5, 0.6) is 11.6 Å². The standard InChI is InChI=1S/C31H30F2N6O4/c1-18(2)38-15-24(30(41)39(31(38)42)22-9-6-19(32)7-10-22)28(40)36-20-8-11-27(25(33)14-20)43-29-23-12-13-37(21-4-3-5-21)16-26(23)34-17-35-29/h6-11,14-15,17-18,21H,3-5,12-13,16H2,1-2H3,(H,36,40). The van der Waals surface area contributed by atoms with E-state index < -0.39 is 34.8 Å². The van der Waals surface area contributed by atoms with Crippen LogP contribution in [-0.2, 0) is 13.0 Å². The van der Waals surface area contributed by atoms with E-state index >= 15 is 4.39 Å². The fraction of sp³-hybridized carbons (Fsp3) is 0.323. The molecule has 1 N–H and O–H groups in total. The highest BCUT2D eigenvalue weighted by atomic mass is 19.1. The van der Waals surface area contributed by atoms with Gasteiger partial charge in [0.15, 0.2) is 11.6 Å². The van der Waals surface area contributed by atoms with E-state index in [0.717, 1.165) is 40.6 Å². The number of ether oxygens (including phenoxy) is 1. The van der Waals surface area contributed by atoms with E-state index in [1.807, 2.05) is 0 Å². The Kier molecular flexibility index (Phi) is 7.61. The van der Waals surface area contributed by atoms with Gasteiger partial charge in [-0.15, -0.1) is 0 Å². The van der Waals surface area contributed by atoms with Gasteiger partial charge in [0.25, 0.3) is 11.5 Å². The second-order valence-electron chi connectivity index (χ2n) is 11.1. The van der Waals surface area contributed by atoms with Crippen LogP contribution < -0.4 is 21.3 Å². The molecule has 222 valence electrons. The summed E-state index contributed by atoms with van der Waals surface area (Å²) < 4.78 is 36.6. The van der Waals surface area contributed by atoms with Crippen LogP contribution in [0.25, 0.3) is 5.69 Å². The third-order valence-corrected chi connectivity index (χ3v) is 7.98. The summed E-state index contributed by atoms with van der Waals surface area (Å²) in [6, 6.07) is 8.86. The van der Waals surface area contributed by atoms with Gasteiger partial charge in [0.05, 0.1) is 11.4 Å². The molecule has 10 nitrogen and oxygen atoms in total. The van der Waals surface area contributed by atoms with E-state index in [2.05, 4.69) is 20.2 Å². The van der Waals surface area contributed by atoms with Crippen molar-refractivity contribution in [2.45, 2.75) is 58.2 Å². The lowest BCUT2D eigenvalue weighted by molar-refractivity contribution is 0.102. The molecule has 12 heteroatoms. The Bertz CT molecular complexity index is 1810. The average molecular weight is 589 g/mol. The van der Waals surface area contributed by atoms with Gasteiger partial charge in [0.1, 0.15) is 17.7 Å². The molecule has 3 heterocycles. The number of fused-ring (bicyclic) bond motifs is 1. The minimum absolute atomic E-state index is 0.0748. The van der Waals surface area contributed by atoms with Crippen LogP contribution in [0.4, 0.5) is 14.5 Å². The molecule has 2 aromatic carbocycles. The van der Waals surface area contributed by atoms with Crippen LogP contribution in [0.1, 0.15) is 60.8 Å². The number of carbonyl (C=O) groups excluding carboxylic acids is 1. The first-order valence-corrected chi connectivity index (χ1v) is 14.2. The molecule has 0 spiro atoms. The first-order chi connectivity index (χ1) is 20.7. The largest absolute Gasteiger partial charge is 0.436 e. The smallest absolute Gasteiger partial charge is 0.335 e. The highest BCUT2D eigenvalue weighted by Gasteiger charge is 2.30. The summed E-state index contributed by atoms with van der Waals surface area (Å²) in [6.45, 7) is 5.01. The molecule has 1 fully saturated rings. The van der Waals surface area contributed by atoms with E-state index in [-0.39, 0.29) is 22.7 Å². The second-order valence-corrected chi connectivity index (χ2v) is 11.1. The summed E-state index contributed by atoms with van der Waals surface area (Å²) in [5.74, 6) is -1.91. The molecule has 0 saturated heterocycles. The van der Waals surface area contributed by atoms with Gasteiger partial charge in [0, 0.05) is 48.7 Å². The monoisotopic (exact) mass is 588 g/mol. The summed E-state index contributed by atoms with van der Waals surface area (Å²) in [4.78, 5) is 50.7. The SMILES string of the molecule is CC(C)n1cc(C(=O)Nc2ccc(Oc3ncnc4c3CCN(C3CCC3)C4)c(F)c2)c(=O)n(-c2ccc(F)cc2)c1=O. The number of hydrogen-bond acceptors (Lipinski definition) is 7. The Morgan fingerprint density at radius 2 is 1.84 bits per heavy atom. The van der Waals surface area contributed by atoms with Crippen molar-refractivity contribution in [1.29, 1.82) is 0 Å². The number of nitrogens with one attached hydrogen (secondary N) is 1. The van der Waals surface area contributed by atoms with Crippen molar-refractivity contribution >= 4 is 11.6 Å². The number of benzene rings is 2. The number of carbonyl (C=O) groups is 1. The molecule has 1 saturated carbocycles. The van der Waals surface area contributed by atoms with Gasteiger partial charge in [-0.25, -0.2) is 28.1 Å². The Balaban J connectivity index is 1.23. The van der Waals surface area contributed by atoms with Crippen molar-refractivity contribution in [3.05, 3.63) is 104 Å². The van der Waals surface area contributed by atoms with Crippen LogP contribution >= 0.6 is 0 Å². The minimum Gasteiger partial charge on any atom is -0.436 e. The van der Waals surface area contributed by atoms with Crippen molar-refractivity contribution in [2.75, 3.05) is 11.9 Å². The van der Waals surface area contributed by atoms with Crippen molar-refractivity contribution in [3.8, 4) is 17.3 Å². The lowest BCUT2D eigenvalue weighted by atomic mass is 9.89. The molecule has 0 atom stereocenters. The number of aromatic nitrogens is 4. The van der Waals surface area contributed by atoms with E-state index in [4.69, 9.17) is 4.74 Å². The van der Waals surface area contributed by atoms with E-state index in [1.165, 1.54) is 60.6 Å². The van der Waals surface area contributed by atoms with Crippen molar-refractivity contribution in [3.63, 3.8) is 0 Å². The topological polar surface area (TPSA) is 111 Å². The maximum atomic E-state index is 15.2. The number of rotatable bonds is 7. The van der Waals surface area contributed by atoms with Gasteiger partial charge in [-0.2, -0.15) is 0 Å². The molecule has 1 amide bonds. The molecule has 2 aromatic heterocycles. The maximum absolute atomic E-state index is 15.2. The predicted octanol–water partition coefficient (Wildman–Crippen LogP) is 4.60.